The molecule has 0 aliphatic carbocycles. The van der Waals surface area contributed by atoms with E-state index in [4.69, 9.17) is 10.1 Å². The number of nitrogens with one attached hydrogen (secondary N) is 2. The summed E-state index contributed by atoms with van der Waals surface area (Å²) < 4.78 is 28.9. The number of para-hydroxylation sites is 1. The van der Waals surface area contributed by atoms with Gasteiger partial charge < -0.3 is 19.9 Å². The minimum absolute atomic E-state index is 0.000443. The van der Waals surface area contributed by atoms with Crippen molar-refractivity contribution >= 4 is 50.0 Å². The number of aromatic nitrogens is 3. The number of benzene rings is 2. The van der Waals surface area contributed by atoms with Crippen LogP contribution in [0.2, 0.25) is 0 Å². The van der Waals surface area contributed by atoms with Crippen LogP contribution in [0.5, 0.6) is 0 Å². The zero-order valence-corrected chi connectivity index (χ0v) is 22.4. The van der Waals surface area contributed by atoms with E-state index in [0.29, 0.717) is 18.2 Å². The number of piperazine rings is 1. The van der Waals surface area contributed by atoms with Gasteiger partial charge in [0.2, 0.25) is 16.0 Å². The number of anilines is 4. The van der Waals surface area contributed by atoms with Gasteiger partial charge >= 0.3 is 5.97 Å². The van der Waals surface area contributed by atoms with Crippen LogP contribution in [0.1, 0.15) is 12.5 Å². The van der Waals surface area contributed by atoms with Crippen LogP contribution in [-0.4, -0.2) is 77.4 Å². The maximum Gasteiger partial charge on any atom is 0.317 e. The molecule has 1 aliphatic heterocycles. The summed E-state index contributed by atoms with van der Waals surface area (Å²) in [6.07, 6.45) is 3.68. The molecule has 1 fully saturated rings. The standard InChI is InChI=1S/C27H31N7O4S/c1-2-39(37,38)31-24-6-4-3-5-21(24)18-34-12-11-20-17-28-27(30-26(20)34)29-22-7-9-23(10-8-22)33-15-13-32(14-16-33)19-25(35)36/h3-12,17,31H,2,13-16,18-19H2,1H3,(H,35,36)(H,28,29,30). The van der Waals surface area contributed by atoms with Gasteiger partial charge in [-0.1, -0.05) is 18.2 Å². The van der Waals surface area contributed by atoms with Crippen LogP contribution in [0.15, 0.2) is 67.0 Å². The third-order valence-corrected chi connectivity index (χ3v) is 8.02. The zero-order chi connectivity index (χ0) is 27.4. The molecule has 3 N–H and O–H groups in total. The molecule has 0 unspecified atom stereocenters. The fraction of sp³-hybridized carbons (Fsp3) is 0.296. The summed E-state index contributed by atoms with van der Waals surface area (Å²) in [7, 11) is -3.40. The fourth-order valence-corrected chi connectivity index (χ4v) is 5.26. The lowest BCUT2D eigenvalue weighted by Gasteiger charge is -2.35. The van der Waals surface area contributed by atoms with E-state index in [-0.39, 0.29) is 12.3 Å². The van der Waals surface area contributed by atoms with Gasteiger partial charge in [0.05, 0.1) is 24.5 Å². The number of sulfonamides is 1. The van der Waals surface area contributed by atoms with Gasteiger partial charge in [0.1, 0.15) is 5.65 Å². The first-order valence-corrected chi connectivity index (χ1v) is 14.4. The van der Waals surface area contributed by atoms with Crippen LogP contribution in [0.25, 0.3) is 11.0 Å². The Hall–Kier alpha value is -4.16. The summed E-state index contributed by atoms with van der Waals surface area (Å²) in [5.74, 6) is -0.339. The third-order valence-electron chi connectivity index (χ3n) is 6.73. The van der Waals surface area contributed by atoms with Crippen molar-refractivity contribution < 1.29 is 18.3 Å². The minimum Gasteiger partial charge on any atom is -0.480 e. The second-order valence-electron chi connectivity index (χ2n) is 9.41. The predicted molar refractivity (Wildman–Crippen MR) is 152 cm³/mol. The molecule has 2 aromatic carbocycles. The van der Waals surface area contributed by atoms with Gasteiger partial charge in [0.15, 0.2) is 0 Å². The Balaban J connectivity index is 1.28. The van der Waals surface area contributed by atoms with Crippen molar-refractivity contribution in [2.24, 2.45) is 0 Å². The quantitative estimate of drug-likeness (QED) is 0.273. The molecule has 4 aromatic rings. The van der Waals surface area contributed by atoms with Crippen LogP contribution in [0.3, 0.4) is 0 Å². The first-order valence-electron chi connectivity index (χ1n) is 12.8. The summed E-state index contributed by atoms with van der Waals surface area (Å²) in [6, 6.07) is 17.3. The van der Waals surface area contributed by atoms with Crippen LogP contribution in [0, 0.1) is 0 Å². The SMILES string of the molecule is CCS(=O)(=O)Nc1ccccc1Cn1ccc2cnc(Nc3ccc(N4CCN(CC(=O)O)CC4)cc3)nc21. The molecule has 1 aliphatic rings. The molecular weight excluding hydrogens is 518 g/mol. The van der Waals surface area contributed by atoms with Gasteiger partial charge in [-0.3, -0.25) is 14.4 Å². The Bertz CT molecular complexity index is 1560. The second kappa shape index (κ2) is 11.3. The number of aliphatic carboxylic acids is 1. The molecule has 0 amide bonds. The van der Waals surface area contributed by atoms with Crippen molar-refractivity contribution in [1.29, 1.82) is 0 Å². The van der Waals surface area contributed by atoms with Crippen molar-refractivity contribution in [2.75, 3.05) is 53.4 Å². The number of nitrogens with zero attached hydrogens (tertiary/aromatic N) is 5. The molecule has 3 heterocycles. The van der Waals surface area contributed by atoms with Gasteiger partial charge in [-0.25, -0.2) is 13.4 Å². The molecule has 204 valence electrons. The van der Waals surface area contributed by atoms with Gasteiger partial charge in [-0.05, 0) is 48.9 Å². The molecule has 1 saturated heterocycles. The van der Waals surface area contributed by atoms with Crippen molar-refractivity contribution in [1.82, 2.24) is 19.4 Å². The molecular formula is C27H31N7O4S. The molecule has 0 radical (unpaired) electrons. The minimum atomic E-state index is -3.40. The molecule has 2 aromatic heterocycles. The number of carbonyl (C=O) groups is 1. The van der Waals surface area contributed by atoms with E-state index in [9.17, 15) is 13.2 Å². The highest BCUT2D eigenvalue weighted by Crippen LogP contribution is 2.24. The Morgan fingerprint density at radius 2 is 1.77 bits per heavy atom. The van der Waals surface area contributed by atoms with E-state index < -0.39 is 16.0 Å². The zero-order valence-electron chi connectivity index (χ0n) is 21.6. The van der Waals surface area contributed by atoms with Crippen LogP contribution in [0.4, 0.5) is 23.0 Å². The maximum absolute atomic E-state index is 12.1. The Labute approximate surface area is 227 Å². The van der Waals surface area contributed by atoms with E-state index >= 15 is 0 Å². The molecule has 0 spiro atoms. The van der Waals surface area contributed by atoms with E-state index in [1.807, 2.05) is 58.1 Å². The summed E-state index contributed by atoms with van der Waals surface area (Å²) in [6.45, 7) is 5.11. The lowest BCUT2D eigenvalue weighted by atomic mass is 10.2. The second-order valence-corrected chi connectivity index (χ2v) is 11.4. The number of hydrogen-bond donors (Lipinski definition) is 3. The molecule has 11 nitrogen and oxygen atoms in total. The van der Waals surface area contributed by atoms with Crippen molar-refractivity contribution in [3.63, 3.8) is 0 Å². The number of carboxylic acids is 1. The fourth-order valence-electron chi connectivity index (χ4n) is 4.58. The summed E-state index contributed by atoms with van der Waals surface area (Å²) in [5, 5.41) is 13.1. The van der Waals surface area contributed by atoms with Gasteiger partial charge in [0, 0.05) is 55.3 Å². The first-order chi connectivity index (χ1) is 18.8. The molecule has 0 saturated carbocycles. The van der Waals surface area contributed by atoms with Gasteiger partial charge in [0.25, 0.3) is 0 Å². The number of carboxylic acid groups (broad SMARTS) is 1. The third kappa shape index (κ3) is 6.47. The molecule has 0 bridgehead atoms. The van der Waals surface area contributed by atoms with Gasteiger partial charge in [-0.15, -0.1) is 0 Å². The molecule has 39 heavy (non-hydrogen) atoms. The Kier molecular flexibility index (Phi) is 7.66. The van der Waals surface area contributed by atoms with Crippen LogP contribution < -0.4 is 14.9 Å². The van der Waals surface area contributed by atoms with Crippen molar-refractivity contribution in [3.05, 3.63) is 72.6 Å². The van der Waals surface area contributed by atoms with E-state index in [1.165, 1.54) is 0 Å². The molecule has 12 heteroatoms. The van der Waals surface area contributed by atoms with E-state index in [2.05, 4.69) is 19.9 Å². The van der Waals surface area contributed by atoms with Gasteiger partial charge in [-0.2, -0.15) is 4.98 Å². The highest BCUT2D eigenvalue weighted by molar-refractivity contribution is 7.92. The van der Waals surface area contributed by atoms with Crippen molar-refractivity contribution in [2.45, 2.75) is 13.5 Å². The smallest absolute Gasteiger partial charge is 0.317 e. The average Bonchev–Trinajstić information content (AvgIpc) is 3.32. The summed E-state index contributed by atoms with van der Waals surface area (Å²) >= 11 is 0. The molecule has 0 atom stereocenters. The van der Waals surface area contributed by atoms with Crippen molar-refractivity contribution in [3.8, 4) is 0 Å². The Morgan fingerprint density at radius 1 is 1.03 bits per heavy atom. The lowest BCUT2D eigenvalue weighted by Crippen LogP contribution is -2.47. The lowest BCUT2D eigenvalue weighted by molar-refractivity contribution is -0.138. The van der Waals surface area contributed by atoms with E-state index in [1.54, 1.807) is 25.3 Å². The number of rotatable bonds is 10. The van der Waals surface area contributed by atoms with E-state index in [0.717, 1.165) is 54.2 Å². The molecule has 5 rings (SSSR count). The summed E-state index contributed by atoms with van der Waals surface area (Å²) in [5.41, 5.74) is 4.05. The topological polar surface area (TPSA) is 133 Å². The predicted octanol–water partition coefficient (Wildman–Crippen LogP) is 3.19. The highest BCUT2D eigenvalue weighted by Gasteiger charge is 2.19. The van der Waals surface area contributed by atoms with Crippen LogP contribution >= 0.6 is 0 Å². The summed E-state index contributed by atoms with van der Waals surface area (Å²) in [4.78, 5) is 24.3. The number of fused-ring (bicyclic) bond motifs is 1. The average molecular weight is 550 g/mol. The first kappa shape index (κ1) is 26.4. The monoisotopic (exact) mass is 549 g/mol. The highest BCUT2D eigenvalue weighted by atomic mass is 32.2. The maximum atomic E-state index is 12.1. The normalized spacial score (nSPS) is 14.4. The number of hydrogen-bond acceptors (Lipinski definition) is 8. The Morgan fingerprint density at radius 3 is 2.49 bits per heavy atom. The van der Waals surface area contributed by atoms with Crippen LogP contribution in [-0.2, 0) is 21.4 Å². The largest absolute Gasteiger partial charge is 0.480 e.